The van der Waals surface area contributed by atoms with Crippen LogP contribution in [0.4, 0.5) is 13.2 Å². The van der Waals surface area contributed by atoms with E-state index < -0.39 is 18.6 Å². The zero-order chi connectivity index (χ0) is 15.2. The first-order valence-corrected chi connectivity index (χ1v) is 6.42. The summed E-state index contributed by atoms with van der Waals surface area (Å²) in [4.78, 5) is 12.6. The molecule has 0 aromatic carbocycles. The number of hydrogen-bond acceptors (Lipinski definition) is 2. The van der Waals surface area contributed by atoms with Gasteiger partial charge in [0.15, 0.2) is 0 Å². The van der Waals surface area contributed by atoms with Crippen LogP contribution in [-0.2, 0) is 4.79 Å². The number of unbranched alkanes of at least 4 members (excludes halogenated alkanes) is 1. The van der Waals surface area contributed by atoms with E-state index in [1.165, 1.54) is 6.08 Å². The second-order valence-corrected chi connectivity index (χ2v) is 4.51. The van der Waals surface area contributed by atoms with Gasteiger partial charge in [0, 0.05) is 12.6 Å². The lowest BCUT2D eigenvalue weighted by Gasteiger charge is -2.22. The molecule has 0 fully saturated rings. The first kappa shape index (κ1) is 16.3. The Kier molecular flexibility index (Phi) is 5.85. The summed E-state index contributed by atoms with van der Waals surface area (Å²) in [6.07, 6.45) is -0.638. The molecule has 0 unspecified atom stereocenters. The summed E-state index contributed by atoms with van der Waals surface area (Å²) < 4.78 is 42.5. The van der Waals surface area contributed by atoms with Crippen molar-refractivity contribution >= 4 is 12.0 Å². The Labute approximate surface area is 116 Å². The highest BCUT2D eigenvalue weighted by Crippen LogP contribution is 2.17. The van der Waals surface area contributed by atoms with Gasteiger partial charge in [0.2, 0.25) is 5.91 Å². The molecule has 112 valence electrons. The second-order valence-electron chi connectivity index (χ2n) is 4.51. The van der Waals surface area contributed by atoms with E-state index in [0.717, 1.165) is 17.4 Å². The van der Waals surface area contributed by atoms with Crippen molar-refractivity contribution in [1.29, 1.82) is 0 Å². The highest BCUT2D eigenvalue weighted by Gasteiger charge is 2.32. The average Bonchev–Trinajstić information content (AvgIpc) is 2.76. The van der Waals surface area contributed by atoms with Gasteiger partial charge in [-0.25, -0.2) is 0 Å². The maximum Gasteiger partial charge on any atom is 0.406 e. The minimum absolute atomic E-state index is 0.0936. The Morgan fingerprint density at radius 2 is 2.10 bits per heavy atom. The summed E-state index contributed by atoms with van der Waals surface area (Å²) >= 11 is 0. The van der Waals surface area contributed by atoms with Gasteiger partial charge in [-0.1, -0.05) is 13.3 Å². The van der Waals surface area contributed by atoms with Crippen LogP contribution < -0.4 is 0 Å². The van der Waals surface area contributed by atoms with Crippen molar-refractivity contribution in [3.8, 4) is 0 Å². The number of halogens is 3. The summed E-state index contributed by atoms with van der Waals surface area (Å²) in [5.41, 5.74) is 0. The van der Waals surface area contributed by atoms with Gasteiger partial charge in [-0.2, -0.15) is 13.2 Å². The van der Waals surface area contributed by atoms with Gasteiger partial charge in [0.1, 0.15) is 18.1 Å². The molecule has 0 spiro atoms. The van der Waals surface area contributed by atoms with Crippen molar-refractivity contribution in [3.63, 3.8) is 0 Å². The van der Waals surface area contributed by atoms with Crippen molar-refractivity contribution in [3.05, 3.63) is 29.7 Å². The molecule has 0 saturated carbocycles. The minimum atomic E-state index is -4.39. The van der Waals surface area contributed by atoms with Crippen LogP contribution in [0, 0.1) is 6.92 Å². The molecule has 0 aliphatic carbocycles. The molecule has 0 aliphatic heterocycles. The van der Waals surface area contributed by atoms with E-state index in [9.17, 15) is 18.0 Å². The van der Waals surface area contributed by atoms with Gasteiger partial charge in [0.25, 0.3) is 0 Å². The van der Waals surface area contributed by atoms with Crippen LogP contribution in [0.3, 0.4) is 0 Å². The zero-order valence-corrected chi connectivity index (χ0v) is 11.5. The molecular formula is C14H18F3NO2. The van der Waals surface area contributed by atoms with Gasteiger partial charge in [-0.15, -0.1) is 0 Å². The number of nitrogens with zero attached hydrogens (tertiary/aromatic N) is 1. The predicted octanol–water partition coefficient (Wildman–Crippen LogP) is 3.79. The number of carbonyl (C=O) groups is 1. The Morgan fingerprint density at radius 1 is 1.40 bits per heavy atom. The SMILES string of the molecule is CCCCN(CC(F)(F)F)C(=O)/C=C/c1ccc(C)o1. The summed E-state index contributed by atoms with van der Waals surface area (Å²) in [5, 5.41) is 0. The third-order valence-corrected chi connectivity index (χ3v) is 2.61. The van der Waals surface area contributed by atoms with Gasteiger partial charge >= 0.3 is 6.18 Å². The van der Waals surface area contributed by atoms with Crippen molar-refractivity contribution in [2.24, 2.45) is 0 Å². The highest BCUT2D eigenvalue weighted by molar-refractivity contribution is 5.91. The average molecular weight is 289 g/mol. The fourth-order valence-corrected chi connectivity index (χ4v) is 1.63. The number of aryl methyl sites for hydroxylation is 1. The van der Waals surface area contributed by atoms with Crippen molar-refractivity contribution in [1.82, 2.24) is 4.90 Å². The van der Waals surface area contributed by atoms with Gasteiger partial charge < -0.3 is 9.32 Å². The summed E-state index contributed by atoms with van der Waals surface area (Å²) in [7, 11) is 0. The van der Waals surface area contributed by atoms with E-state index in [4.69, 9.17) is 4.42 Å². The highest BCUT2D eigenvalue weighted by atomic mass is 19.4. The molecular weight excluding hydrogens is 271 g/mol. The number of hydrogen-bond donors (Lipinski definition) is 0. The molecule has 0 saturated heterocycles. The molecule has 20 heavy (non-hydrogen) atoms. The van der Waals surface area contributed by atoms with Crippen molar-refractivity contribution in [2.75, 3.05) is 13.1 Å². The Morgan fingerprint density at radius 3 is 2.60 bits per heavy atom. The van der Waals surface area contributed by atoms with Gasteiger partial charge in [0.05, 0.1) is 0 Å². The number of carbonyl (C=O) groups excluding carboxylic acids is 1. The molecule has 6 heteroatoms. The lowest BCUT2D eigenvalue weighted by Crippen LogP contribution is -2.38. The zero-order valence-electron chi connectivity index (χ0n) is 11.5. The third-order valence-electron chi connectivity index (χ3n) is 2.61. The summed E-state index contributed by atoms with van der Waals surface area (Å²) in [6.45, 7) is 2.47. The molecule has 0 bridgehead atoms. The van der Waals surface area contributed by atoms with Crippen molar-refractivity contribution < 1.29 is 22.4 Å². The fourth-order valence-electron chi connectivity index (χ4n) is 1.63. The monoisotopic (exact) mass is 289 g/mol. The first-order valence-electron chi connectivity index (χ1n) is 6.42. The maximum atomic E-state index is 12.4. The molecule has 0 aliphatic rings. The first-order chi connectivity index (χ1) is 9.31. The standard InChI is InChI=1S/C14H18F3NO2/c1-3-4-9-18(10-14(15,16)17)13(19)8-7-12-6-5-11(2)20-12/h5-8H,3-4,9-10H2,1-2H3/b8-7+. The Hall–Kier alpha value is -1.72. The van der Waals surface area contributed by atoms with Crippen LogP contribution in [0.15, 0.2) is 22.6 Å². The van der Waals surface area contributed by atoms with Crippen LogP contribution in [0.25, 0.3) is 6.08 Å². The molecule has 1 amide bonds. The number of alkyl halides is 3. The molecule has 0 radical (unpaired) electrons. The number of furan rings is 1. The molecule has 0 atom stereocenters. The smallest absolute Gasteiger partial charge is 0.406 e. The number of rotatable bonds is 6. The third kappa shape index (κ3) is 5.95. The maximum absolute atomic E-state index is 12.4. The summed E-state index contributed by atoms with van der Waals surface area (Å²) in [6, 6.07) is 3.37. The fraction of sp³-hybridized carbons (Fsp3) is 0.500. The number of amides is 1. The van der Waals surface area contributed by atoms with Crippen LogP contribution in [0.5, 0.6) is 0 Å². The van der Waals surface area contributed by atoms with Crippen molar-refractivity contribution in [2.45, 2.75) is 32.9 Å². The molecule has 1 aromatic rings. The van der Waals surface area contributed by atoms with Crippen LogP contribution >= 0.6 is 0 Å². The van der Waals surface area contributed by atoms with E-state index in [1.807, 2.05) is 6.92 Å². The van der Waals surface area contributed by atoms with E-state index >= 15 is 0 Å². The van der Waals surface area contributed by atoms with Gasteiger partial charge in [-0.3, -0.25) is 4.79 Å². The van der Waals surface area contributed by atoms with E-state index in [1.54, 1.807) is 19.1 Å². The Bertz CT molecular complexity index is 463. The van der Waals surface area contributed by atoms with Crippen LogP contribution in [0.1, 0.15) is 31.3 Å². The Balaban J connectivity index is 2.69. The lowest BCUT2D eigenvalue weighted by molar-refractivity contribution is -0.158. The molecule has 1 heterocycles. The van der Waals surface area contributed by atoms with E-state index in [2.05, 4.69) is 0 Å². The quantitative estimate of drug-likeness (QED) is 0.746. The summed E-state index contributed by atoms with van der Waals surface area (Å²) in [5.74, 6) is 0.457. The lowest BCUT2D eigenvalue weighted by atomic mass is 10.3. The largest absolute Gasteiger partial charge is 0.462 e. The molecule has 0 N–H and O–H groups in total. The molecule has 1 rings (SSSR count). The molecule has 3 nitrogen and oxygen atoms in total. The van der Waals surface area contributed by atoms with Gasteiger partial charge in [-0.05, 0) is 31.6 Å². The van der Waals surface area contributed by atoms with Crippen LogP contribution in [0.2, 0.25) is 0 Å². The van der Waals surface area contributed by atoms with E-state index in [0.29, 0.717) is 17.9 Å². The van der Waals surface area contributed by atoms with Crippen LogP contribution in [-0.4, -0.2) is 30.1 Å². The predicted molar refractivity (Wildman–Crippen MR) is 70.0 cm³/mol. The topological polar surface area (TPSA) is 33.5 Å². The molecule has 1 aromatic heterocycles. The van der Waals surface area contributed by atoms with E-state index in [-0.39, 0.29) is 6.54 Å². The second kappa shape index (κ2) is 7.17. The normalized spacial score (nSPS) is 12.1. The minimum Gasteiger partial charge on any atom is -0.462 e.